The van der Waals surface area contributed by atoms with Crippen molar-refractivity contribution in [3.8, 4) is 0 Å². The van der Waals surface area contributed by atoms with Crippen LogP contribution in [0.4, 0.5) is 0 Å². The van der Waals surface area contributed by atoms with Crippen molar-refractivity contribution in [2.45, 2.75) is 12.6 Å². The van der Waals surface area contributed by atoms with Gasteiger partial charge in [0, 0.05) is 0 Å². The Morgan fingerprint density at radius 2 is 1.96 bits per heavy atom. The summed E-state index contributed by atoms with van der Waals surface area (Å²) in [4.78, 5) is 2.77. The van der Waals surface area contributed by atoms with Gasteiger partial charge in [-0.2, -0.15) is 0 Å². The van der Waals surface area contributed by atoms with Crippen LogP contribution in [0.2, 0.25) is 0 Å². The highest BCUT2D eigenvalue weighted by molar-refractivity contribution is 7.10. The fourth-order valence-electron chi connectivity index (χ4n) is 3.18. The Bertz CT molecular complexity index is 752. The summed E-state index contributed by atoms with van der Waals surface area (Å²) >= 11 is 1.77. The van der Waals surface area contributed by atoms with Crippen LogP contribution in [-0.2, 0) is 11.3 Å². The molecule has 0 bridgehead atoms. The summed E-state index contributed by atoms with van der Waals surface area (Å²) < 4.78 is 7.47. The SMILES string of the molecule is c1ccc(Cn2nnnc2[C@@H](c2cccs2)[NH+]2CCOCC2)cc1. The highest BCUT2D eigenvalue weighted by Crippen LogP contribution is 2.22. The third kappa shape index (κ3) is 3.24. The number of hydrogen-bond acceptors (Lipinski definition) is 5. The molecule has 4 rings (SSSR count). The standard InChI is InChI=1S/C17H19N5OS/c1-2-5-14(6-3-1)13-22-17(18-19-20-22)16(15-7-4-12-24-15)21-8-10-23-11-9-21/h1-7,12,16H,8-11,13H2/p+1/t16-/m1/s1. The molecular weight excluding hydrogens is 322 g/mol. The van der Waals surface area contributed by atoms with Crippen molar-refractivity contribution < 1.29 is 9.64 Å². The number of morpholine rings is 1. The molecule has 24 heavy (non-hydrogen) atoms. The number of rotatable bonds is 5. The van der Waals surface area contributed by atoms with Crippen LogP contribution in [0, 0.1) is 0 Å². The Morgan fingerprint density at radius 1 is 1.12 bits per heavy atom. The smallest absolute Gasteiger partial charge is 0.215 e. The second kappa shape index (κ2) is 7.21. The lowest BCUT2D eigenvalue weighted by molar-refractivity contribution is -0.933. The van der Waals surface area contributed by atoms with Crippen LogP contribution in [0.25, 0.3) is 0 Å². The fraction of sp³-hybridized carbons (Fsp3) is 0.353. The van der Waals surface area contributed by atoms with E-state index in [0.29, 0.717) is 6.54 Å². The van der Waals surface area contributed by atoms with Gasteiger partial charge >= 0.3 is 0 Å². The number of tetrazole rings is 1. The molecule has 1 aliphatic heterocycles. The number of thiophene rings is 1. The molecule has 0 radical (unpaired) electrons. The third-order valence-electron chi connectivity index (χ3n) is 4.36. The van der Waals surface area contributed by atoms with Gasteiger partial charge in [-0.05, 0) is 27.4 Å². The van der Waals surface area contributed by atoms with E-state index < -0.39 is 0 Å². The first-order valence-corrected chi connectivity index (χ1v) is 9.05. The Hall–Kier alpha value is -2.09. The lowest BCUT2D eigenvalue weighted by Gasteiger charge is -2.30. The predicted octanol–water partition coefficient (Wildman–Crippen LogP) is 0.787. The zero-order chi connectivity index (χ0) is 16.2. The second-order valence-corrected chi connectivity index (χ2v) is 6.88. The first-order valence-electron chi connectivity index (χ1n) is 8.17. The monoisotopic (exact) mass is 342 g/mol. The van der Waals surface area contributed by atoms with E-state index >= 15 is 0 Å². The van der Waals surface area contributed by atoms with Crippen LogP contribution in [0.15, 0.2) is 47.8 Å². The van der Waals surface area contributed by atoms with Crippen LogP contribution < -0.4 is 4.90 Å². The molecule has 7 heteroatoms. The van der Waals surface area contributed by atoms with E-state index in [9.17, 15) is 0 Å². The summed E-state index contributed by atoms with van der Waals surface area (Å²) in [5.74, 6) is 0.929. The molecule has 0 saturated carbocycles. The quantitative estimate of drug-likeness (QED) is 0.745. The van der Waals surface area contributed by atoms with Crippen molar-refractivity contribution in [2.75, 3.05) is 26.3 Å². The van der Waals surface area contributed by atoms with Gasteiger partial charge in [-0.25, -0.2) is 4.68 Å². The van der Waals surface area contributed by atoms with E-state index in [1.807, 2.05) is 22.9 Å². The minimum atomic E-state index is 0.160. The van der Waals surface area contributed by atoms with Gasteiger partial charge in [-0.15, -0.1) is 16.4 Å². The minimum Gasteiger partial charge on any atom is -0.370 e. The number of quaternary nitrogens is 1. The Morgan fingerprint density at radius 3 is 2.71 bits per heavy atom. The van der Waals surface area contributed by atoms with Gasteiger partial charge < -0.3 is 9.64 Å². The molecule has 0 spiro atoms. The number of hydrogen-bond donors (Lipinski definition) is 1. The largest absolute Gasteiger partial charge is 0.370 e. The Balaban J connectivity index is 1.67. The molecule has 1 aliphatic rings. The van der Waals surface area contributed by atoms with Gasteiger partial charge in [0.15, 0.2) is 6.04 Å². The molecule has 1 N–H and O–H groups in total. The molecule has 1 fully saturated rings. The van der Waals surface area contributed by atoms with E-state index in [2.05, 4.69) is 45.2 Å². The molecule has 6 nitrogen and oxygen atoms in total. The van der Waals surface area contributed by atoms with E-state index in [1.165, 1.54) is 15.3 Å². The molecule has 2 aromatic heterocycles. The van der Waals surface area contributed by atoms with Gasteiger partial charge in [0.05, 0.1) is 24.6 Å². The number of nitrogens with zero attached hydrogens (tertiary/aromatic N) is 4. The van der Waals surface area contributed by atoms with Crippen molar-refractivity contribution in [1.29, 1.82) is 0 Å². The molecule has 1 aromatic carbocycles. The number of benzene rings is 1. The molecule has 3 aromatic rings. The predicted molar refractivity (Wildman–Crippen MR) is 91.0 cm³/mol. The van der Waals surface area contributed by atoms with Crippen molar-refractivity contribution >= 4 is 11.3 Å². The maximum atomic E-state index is 5.53. The molecule has 1 saturated heterocycles. The van der Waals surface area contributed by atoms with E-state index in [-0.39, 0.29) is 6.04 Å². The van der Waals surface area contributed by atoms with Crippen LogP contribution in [0.5, 0.6) is 0 Å². The fourth-order valence-corrected chi connectivity index (χ4v) is 4.06. The molecule has 3 heterocycles. The molecular formula is C17H20N5OS+. The lowest BCUT2D eigenvalue weighted by atomic mass is 10.1. The number of ether oxygens (including phenoxy) is 1. The van der Waals surface area contributed by atoms with E-state index in [0.717, 1.165) is 32.1 Å². The van der Waals surface area contributed by atoms with Crippen molar-refractivity contribution in [3.63, 3.8) is 0 Å². The summed E-state index contributed by atoms with van der Waals surface area (Å²) in [5.41, 5.74) is 1.20. The first kappa shape index (κ1) is 15.4. The summed E-state index contributed by atoms with van der Waals surface area (Å²) in [6.45, 7) is 4.21. The molecule has 0 aliphatic carbocycles. The maximum absolute atomic E-state index is 5.53. The maximum Gasteiger partial charge on any atom is 0.215 e. The van der Waals surface area contributed by atoms with E-state index in [4.69, 9.17) is 4.74 Å². The number of nitrogens with one attached hydrogen (secondary N) is 1. The van der Waals surface area contributed by atoms with Gasteiger partial charge in [0.1, 0.15) is 13.1 Å². The zero-order valence-corrected chi connectivity index (χ0v) is 14.2. The Labute approximate surface area is 144 Å². The summed E-state index contributed by atoms with van der Waals surface area (Å²) in [5, 5.41) is 14.7. The minimum absolute atomic E-state index is 0.160. The third-order valence-corrected chi connectivity index (χ3v) is 5.30. The van der Waals surface area contributed by atoms with Gasteiger partial charge in [-0.1, -0.05) is 36.4 Å². The van der Waals surface area contributed by atoms with Gasteiger partial charge in [0.2, 0.25) is 5.82 Å². The highest BCUT2D eigenvalue weighted by Gasteiger charge is 2.33. The first-order chi connectivity index (χ1) is 11.9. The zero-order valence-electron chi connectivity index (χ0n) is 13.3. The van der Waals surface area contributed by atoms with Crippen molar-refractivity contribution in [3.05, 3.63) is 64.1 Å². The molecule has 0 amide bonds. The van der Waals surface area contributed by atoms with Crippen molar-refractivity contribution in [1.82, 2.24) is 20.2 Å². The second-order valence-electron chi connectivity index (χ2n) is 5.90. The number of aromatic nitrogens is 4. The highest BCUT2D eigenvalue weighted by atomic mass is 32.1. The summed E-state index contributed by atoms with van der Waals surface area (Å²) in [6, 6.07) is 14.8. The molecule has 0 unspecified atom stereocenters. The van der Waals surface area contributed by atoms with Gasteiger partial charge in [0.25, 0.3) is 0 Å². The van der Waals surface area contributed by atoms with Crippen LogP contribution in [-0.4, -0.2) is 46.5 Å². The van der Waals surface area contributed by atoms with Crippen LogP contribution in [0.1, 0.15) is 22.3 Å². The van der Waals surface area contributed by atoms with Crippen LogP contribution >= 0.6 is 11.3 Å². The average Bonchev–Trinajstić information content (AvgIpc) is 3.31. The van der Waals surface area contributed by atoms with E-state index in [1.54, 1.807) is 11.3 Å². The summed E-state index contributed by atoms with van der Waals surface area (Å²) in [6.07, 6.45) is 0. The summed E-state index contributed by atoms with van der Waals surface area (Å²) in [7, 11) is 0. The Kier molecular flexibility index (Phi) is 4.64. The van der Waals surface area contributed by atoms with Crippen LogP contribution in [0.3, 0.4) is 0 Å². The topological polar surface area (TPSA) is 57.3 Å². The molecule has 124 valence electrons. The van der Waals surface area contributed by atoms with Crippen molar-refractivity contribution in [2.24, 2.45) is 0 Å². The molecule has 1 atom stereocenters. The van der Waals surface area contributed by atoms with Gasteiger partial charge in [-0.3, -0.25) is 0 Å². The average molecular weight is 342 g/mol. The lowest BCUT2D eigenvalue weighted by Crippen LogP contribution is -3.14. The normalized spacial score (nSPS) is 17.0.